The van der Waals surface area contributed by atoms with Crippen LogP contribution in [0.25, 0.3) is 10.9 Å². The Kier molecular flexibility index (Phi) is 6.09. The maximum atomic E-state index is 12.8. The van der Waals surface area contributed by atoms with Gasteiger partial charge >= 0.3 is 0 Å². The Bertz CT molecular complexity index is 1130. The van der Waals surface area contributed by atoms with Gasteiger partial charge in [0.15, 0.2) is 0 Å². The second kappa shape index (κ2) is 8.76. The number of aromatic nitrogens is 2. The molecule has 1 fully saturated rings. The van der Waals surface area contributed by atoms with Crippen molar-refractivity contribution in [1.29, 1.82) is 0 Å². The summed E-state index contributed by atoms with van der Waals surface area (Å²) in [5.74, 6) is -0.0987. The molecule has 1 saturated heterocycles. The normalized spacial score (nSPS) is 16.0. The van der Waals surface area contributed by atoms with Crippen molar-refractivity contribution in [2.45, 2.75) is 19.5 Å². The van der Waals surface area contributed by atoms with Crippen molar-refractivity contribution < 1.29 is 4.79 Å². The molecule has 2 heterocycles. The number of hydrogen-bond acceptors (Lipinski definition) is 4. The van der Waals surface area contributed by atoms with Gasteiger partial charge in [0, 0.05) is 37.2 Å². The largest absolute Gasteiger partial charge is 0.339 e. The summed E-state index contributed by atoms with van der Waals surface area (Å²) in [6.45, 7) is 4.96. The number of amides is 1. The maximum Gasteiger partial charge on any atom is 0.261 e. The van der Waals surface area contributed by atoms with E-state index in [9.17, 15) is 9.59 Å². The van der Waals surface area contributed by atoms with Crippen molar-refractivity contribution >= 4 is 40.0 Å². The van der Waals surface area contributed by atoms with Gasteiger partial charge in [0.05, 0.1) is 22.3 Å². The fourth-order valence-electron chi connectivity index (χ4n) is 3.85. The lowest BCUT2D eigenvalue weighted by Crippen LogP contribution is -2.50. The molecule has 1 aliphatic heterocycles. The second-order valence-corrected chi connectivity index (χ2v) is 8.31. The molecule has 1 atom stereocenters. The first-order chi connectivity index (χ1) is 14.4. The fraction of sp³-hybridized carbons (Fsp3) is 0.318. The third-order valence-corrected chi connectivity index (χ3v) is 6.15. The summed E-state index contributed by atoms with van der Waals surface area (Å²) in [5, 5.41) is 0.986. The van der Waals surface area contributed by atoms with Gasteiger partial charge in [-0.15, -0.1) is 0 Å². The van der Waals surface area contributed by atoms with Crippen LogP contribution in [-0.4, -0.2) is 51.4 Å². The molecular weight excluding hydrogens is 423 g/mol. The average molecular weight is 445 g/mol. The predicted molar refractivity (Wildman–Crippen MR) is 119 cm³/mol. The van der Waals surface area contributed by atoms with Gasteiger partial charge in [0.2, 0.25) is 5.91 Å². The molecule has 0 bridgehead atoms. The lowest BCUT2D eigenvalue weighted by atomic mass is 10.1. The highest BCUT2D eigenvalue weighted by Gasteiger charge is 2.25. The van der Waals surface area contributed by atoms with Crippen LogP contribution < -0.4 is 5.56 Å². The standard InChI is InChI=1S/C22H22Cl2N4O2/c1-15(16-5-3-2-4-6-16)26-7-9-27(10-8-26)20(29)13-28-14-25-21-18(22(28)30)11-17(23)12-19(21)24/h2-6,11-12,14-15H,7-10,13H2,1H3. The van der Waals surface area contributed by atoms with E-state index in [0.717, 1.165) is 13.1 Å². The lowest BCUT2D eigenvalue weighted by Gasteiger charge is -2.38. The summed E-state index contributed by atoms with van der Waals surface area (Å²) in [5.41, 5.74) is 1.33. The minimum absolute atomic E-state index is 0.0554. The number of carbonyl (C=O) groups is 1. The van der Waals surface area contributed by atoms with Crippen LogP contribution >= 0.6 is 23.2 Å². The molecule has 2 aromatic carbocycles. The topological polar surface area (TPSA) is 58.4 Å². The zero-order chi connectivity index (χ0) is 21.3. The number of fused-ring (bicyclic) bond motifs is 1. The number of piperazine rings is 1. The Labute approximate surface area is 184 Å². The van der Waals surface area contributed by atoms with E-state index in [1.165, 1.54) is 22.5 Å². The third kappa shape index (κ3) is 4.21. The van der Waals surface area contributed by atoms with Crippen LogP contribution in [0, 0.1) is 0 Å². The van der Waals surface area contributed by atoms with Gasteiger partial charge in [-0.3, -0.25) is 19.1 Å². The minimum Gasteiger partial charge on any atom is -0.339 e. The van der Waals surface area contributed by atoms with Crippen LogP contribution in [0.3, 0.4) is 0 Å². The van der Waals surface area contributed by atoms with E-state index in [2.05, 4.69) is 28.9 Å². The highest BCUT2D eigenvalue weighted by Crippen LogP contribution is 2.24. The van der Waals surface area contributed by atoms with Crippen molar-refractivity contribution in [3.8, 4) is 0 Å². The average Bonchev–Trinajstić information content (AvgIpc) is 2.76. The summed E-state index contributed by atoms with van der Waals surface area (Å²) < 4.78 is 1.32. The third-order valence-electron chi connectivity index (χ3n) is 5.65. The first-order valence-corrected chi connectivity index (χ1v) is 10.6. The number of nitrogens with zero attached hydrogens (tertiary/aromatic N) is 4. The van der Waals surface area contributed by atoms with Gasteiger partial charge in [0.25, 0.3) is 5.56 Å². The number of rotatable bonds is 4. The smallest absolute Gasteiger partial charge is 0.261 e. The first-order valence-electron chi connectivity index (χ1n) is 9.85. The van der Waals surface area contributed by atoms with E-state index in [1.807, 2.05) is 18.2 Å². The molecule has 1 aromatic heterocycles. The molecule has 0 spiro atoms. The van der Waals surface area contributed by atoms with Gasteiger partial charge < -0.3 is 4.90 Å². The van der Waals surface area contributed by atoms with Gasteiger partial charge in [-0.25, -0.2) is 4.98 Å². The zero-order valence-electron chi connectivity index (χ0n) is 16.6. The van der Waals surface area contributed by atoms with E-state index >= 15 is 0 Å². The van der Waals surface area contributed by atoms with Crippen molar-refractivity contribution in [2.24, 2.45) is 0 Å². The van der Waals surface area contributed by atoms with E-state index in [4.69, 9.17) is 23.2 Å². The molecule has 0 radical (unpaired) electrons. The van der Waals surface area contributed by atoms with Crippen molar-refractivity contribution in [3.63, 3.8) is 0 Å². The molecule has 1 amide bonds. The van der Waals surface area contributed by atoms with Crippen LogP contribution in [0.1, 0.15) is 18.5 Å². The molecule has 1 unspecified atom stereocenters. The molecule has 0 N–H and O–H groups in total. The van der Waals surface area contributed by atoms with Crippen LogP contribution in [0.4, 0.5) is 0 Å². The number of halogens is 2. The first kappa shape index (κ1) is 20.8. The van der Waals surface area contributed by atoms with Crippen LogP contribution in [0.5, 0.6) is 0 Å². The molecule has 4 rings (SSSR count). The molecular formula is C22H22Cl2N4O2. The molecule has 30 heavy (non-hydrogen) atoms. The number of carbonyl (C=O) groups excluding carboxylic acids is 1. The predicted octanol–water partition coefficient (Wildman–Crippen LogP) is 3.61. The molecule has 0 aliphatic carbocycles. The summed E-state index contributed by atoms with van der Waals surface area (Å²) in [4.78, 5) is 34.0. The highest BCUT2D eigenvalue weighted by molar-refractivity contribution is 6.38. The number of hydrogen-bond donors (Lipinski definition) is 0. The van der Waals surface area contributed by atoms with Crippen molar-refractivity contribution in [2.75, 3.05) is 26.2 Å². The minimum atomic E-state index is -0.325. The highest BCUT2D eigenvalue weighted by atomic mass is 35.5. The molecule has 1 aliphatic rings. The monoisotopic (exact) mass is 444 g/mol. The van der Waals surface area contributed by atoms with Crippen LogP contribution in [-0.2, 0) is 11.3 Å². The summed E-state index contributed by atoms with van der Waals surface area (Å²) in [6, 6.07) is 13.7. The Morgan fingerprint density at radius 1 is 1.10 bits per heavy atom. The molecule has 0 saturated carbocycles. The Hall–Kier alpha value is -2.41. The van der Waals surface area contributed by atoms with E-state index in [-0.39, 0.29) is 18.0 Å². The summed E-state index contributed by atoms with van der Waals surface area (Å²) in [6.07, 6.45) is 1.37. The summed E-state index contributed by atoms with van der Waals surface area (Å²) in [7, 11) is 0. The molecule has 3 aromatic rings. The Morgan fingerprint density at radius 3 is 2.50 bits per heavy atom. The lowest BCUT2D eigenvalue weighted by molar-refractivity contribution is -0.134. The maximum absolute atomic E-state index is 12.8. The second-order valence-electron chi connectivity index (χ2n) is 7.46. The molecule has 6 nitrogen and oxygen atoms in total. The van der Waals surface area contributed by atoms with Gasteiger partial charge in [-0.05, 0) is 24.6 Å². The van der Waals surface area contributed by atoms with Crippen LogP contribution in [0.15, 0.2) is 53.6 Å². The molecule has 156 valence electrons. The van der Waals surface area contributed by atoms with E-state index in [0.29, 0.717) is 40.1 Å². The van der Waals surface area contributed by atoms with Gasteiger partial charge in [0.1, 0.15) is 6.54 Å². The summed E-state index contributed by atoms with van der Waals surface area (Å²) >= 11 is 12.1. The van der Waals surface area contributed by atoms with Gasteiger partial charge in [-0.1, -0.05) is 53.5 Å². The van der Waals surface area contributed by atoms with Crippen LogP contribution in [0.2, 0.25) is 10.0 Å². The van der Waals surface area contributed by atoms with E-state index < -0.39 is 0 Å². The molecule has 8 heteroatoms. The van der Waals surface area contributed by atoms with Crippen molar-refractivity contribution in [1.82, 2.24) is 19.4 Å². The Morgan fingerprint density at radius 2 is 1.80 bits per heavy atom. The Balaban J connectivity index is 1.43. The van der Waals surface area contributed by atoms with Gasteiger partial charge in [-0.2, -0.15) is 0 Å². The van der Waals surface area contributed by atoms with Crippen molar-refractivity contribution in [3.05, 3.63) is 74.8 Å². The quantitative estimate of drug-likeness (QED) is 0.616. The zero-order valence-corrected chi connectivity index (χ0v) is 18.1. The number of benzene rings is 2. The van der Waals surface area contributed by atoms with E-state index in [1.54, 1.807) is 11.0 Å². The fourth-order valence-corrected chi connectivity index (χ4v) is 4.40. The SMILES string of the molecule is CC(c1ccccc1)N1CCN(C(=O)Cn2cnc3c(Cl)cc(Cl)cc3c2=O)CC1.